The summed E-state index contributed by atoms with van der Waals surface area (Å²) in [5, 5.41) is 3.15. The first-order valence-corrected chi connectivity index (χ1v) is 6.61. The Morgan fingerprint density at radius 2 is 1.81 bits per heavy atom. The van der Waals surface area contributed by atoms with Gasteiger partial charge in [0.25, 0.3) is 0 Å². The number of hydrogen-bond donors (Lipinski definition) is 1. The fourth-order valence-corrected chi connectivity index (χ4v) is 2.46. The topological polar surface area (TPSA) is 24.9 Å². The average molecular weight is 294 g/mol. The summed E-state index contributed by atoms with van der Waals surface area (Å²) in [7, 11) is 1.79. The van der Waals surface area contributed by atoms with Crippen molar-refractivity contribution in [3.8, 4) is 0 Å². The first-order chi connectivity index (χ1) is 9.84. The van der Waals surface area contributed by atoms with Gasteiger partial charge in [-0.15, -0.1) is 0 Å². The average Bonchev–Trinajstić information content (AvgIpc) is 2.42. The SMILES string of the molecule is CNC(c1ccc(C(F)(F)F)cc1C)c1cccnc1C. The highest BCUT2D eigenvalue weighted by Crippen LogP contribution is 2.33. The largest absolute Gasteiger partial charge is 0.416 e. The second-order valence-corrected chi connectivity index (χ2v) is 4.97. The molecule has 0 aliphatic carbocycles. The van der Waals surface area contributed by atoms with Crippen LogP contribution in [0.25, 0.3) is 0 Å². The quantitative estimate of drug-likeness (QED) is 0.924. The maximum atomic E-state index is 12.7. The molecule has 112 valence electrons. The number of pyridine rings is 1. The highest BCUT2D eigenvalue weighted by atomic mass is 19.4. The van der Waals surface area contributed by atoms with Crippen LogP contribution in [0.5, 0.6) is 0 Å². The Bertz CT molecular complexity index is 636. The lowest BCUT2D eigenvalue weighted by Crippen LogP contribution is -2.20. The number of aromatic nitrogens is 1. The molecule has 0 aliphatic rings. The van der Waals surface area contributed by atoms with E-state index in [0.29, 0.717) is 5.56 Å². The highest BCUT2D eigenvalue weighted by Gasteiger charge is 2.31. The molecule has 0 saturated carbocycles. The lowest BCUT2D eigenvalue weighted by atomic mass is 9.93. The molecular weight excluding hydrogens is 277 g/mol. The lowest BCUT2D eigenvalue weighted by molar-refractivity contribution is -0.137. The summed E-state index contributed by atoms with van der Waals surface area (Å²) in [5.41, 5.74) is 2.62. The van der Waals surface area contributed by atoms with E-state index in [0.717, 1.165) is 22.9 Å². The van der Waals surface area contributed by atoms with E-state index in [2.05, 4.69) is 10.3 Å². The van der Waals surface area contributed by atoms with Gasteiger partial charge in [0.05, 0.1) is 11.6 Å². The van der Waals surface area contributed by atoms with Crippen LogP contribution in [0.2, 0.25) is 0 Å². The third-order valence-electron chi connectivity index (χ3n) is 3.56. The molecular formula is C16H17F3N2. The third kappa shape index (κ3) is 3.24. The highest BCUT2D eigenvalue weighted by molar-refractivity contribution is 5.40. The monoisotopic (exact) mass is 294 g/mol. The van der Waals surface area contributed by atoms with Gasteiger partial charge in [0.15, 0.2) is 0 Å². The summed E-state index contributed by atoms with van der Waals surface area (Å²) >= 11 is 0. The smallest absolute Gasteiger partial charge is 0.309 e. The van der Waals surface area contributed by atoms with Crippen LogP contribution >= 0.6 is 0 Å². The van der Waals surface area contributed by atoms with Crippen LogP contribution in [0.3, 0.4) is 0 Å². The van der Waals surface area contributed by atoms with E-state index in [4.69, 9.17) is 0 Å². The van der Waals surface area contributed by atoms with Crippen LogP contribution in [-0.4, -0.2) is 12.0 Å². The van der Waals surface area contributed by atoms with Crippen LogP contribution in [-0.2, 0) is 6.18 Å². The molecule has 2 rings (SSSR count). The van der Waals surface area contributed by atoms with E-state index < -0.39 is 11.7 Å². The normalized spacial score (nSPS) is 13.2. The number of alkyl halides is 3. The zero-order valence-electron chi connectivity index (χ0n) is 12.1. The summed E-state index contributed by atoms with van der Waals surface area (Å²) in [5.74, 6) is 0. The second kappa shape index (κ2) is 5.85. The fraction of sp³-hybridized carbons (Fsp3) is 0.312. The van der Waals surface area contributed by atoms with Gasteiger partial charge in [-0.2, -0.15) is 13.2 Å². The third-order valence-corrected chi connectivity index (χ3v) is 3.56. The zero-order valence-corrected chi connectivity index (χ0v) is 12.1. The van der Waals surface area contributed by atoms with E-state index in [1.165, 1.54) is 12.1 Å². The fourth-order valence-electron chi connectivity index (χ4n) is 2.46. The van der Waals surface area contributed by atoms with Gasteiger partial charge in [0.2, 0.25) is 0 Å². The van der Waals surface area contributed by atoms with E-state index in [1.54, 1.807) is 20.2 Å². The van der Waals surface area contributed by atoms with Crippen molar-refractivity contribution in [1.82, 2.24) is 10.3 Å². The molecule has 0 amide bonds. The van der Waals surface area contributed by atoms with Crippen LogP contribution in [0.15, 0.2) is 36.5 Å². The first kappa shape index (κ1) is 15.5. The minimum absolute atomic E-state index is 0.180. The number of hydrogen-bond acceptors (Lipinski definition) is 2. The maximum absolute atomic E-state index is 12.7. The maximum Gasteiger partial charge on any atom is 0.416 e. The number of halogens is 3. The zero-order chi connectivity index (χ0) is 15.6. The van der Waals surface area contributed by atoms with Gasteiger partial charge >= 0.3 is 6.18 Å². The number of aryl methyl sites for hydroxylation is 2. The Morgan fingerprint density at radius 3 is 2.33 bits per heavy atom. The van der Waals surface area contributed by atoms with Crippen molar-refractivity contribution in [3.63, 3.8) is 0 Å². The van der Waals surface area contributed by atoms with Crippen LogP contribution in [0.1, 0.15) is 34.0 Å². The molecule has 1 N–H and O–H groups in total. The van der Waals surface area contributed by atoms with E-state index in [1.807, 2.05) is 19.1 Å². The Balaban J connectivity index is 2.47. The molecule has 1 aromatic heterocycles. The van der Waals surface area contributed by atoms with Crippen LogP contribution in [0, 0.1) is 13.8 Å². The van der Waals surface area contributed by atoms with Gasteiger partial charge in [0.1, 0.15) is 0 Å². The van der Waals surface area contributed by atoms with Crippen molar-refractivity contribution in [3.05, 3.63) is 64.5 Å². The molecule has 0 saturated heterocycles. The molecule has 1 heterocycles. The molecule has 2 aromatic rings. The molecule has 0 radical (unpaired) electrons. The minimum atomic E-state index is -4.32. The molecule has 1 atom stereocenters. The molecule has 2 nitrogen and oxygen atoms in total. The molecule has 1 unspecified atom stereocenters. The van der Waals surface area contributed by atoms with Crippen molar-refractivity contribution >= 4 is 0 Å². The number of benzene rings is 1. The lowest BCUT2D eigenvalue weighted by Gasteiger charge is -2.21. The summed E-state index contributed by atoms with van der Waals surface area (Å²) in [4.78, 5) is 4.24. The molecule has 0 aliphatic heterocycles. The van der Waals surface area contributed by atoms with Crippen LogP contribution in [0.4, 0.5) is 13.2 Å². The number of nitrogens with zero attached hydrogens (tertiary/aromatic N) is 1. The van der Waals surface area contributed by atoms with Gasteiger partial charge < -0.3 is 5.32 Å². The van der Waals surface area contributed by atoms with Gasteiger partial charge in [-0.3, -0.25) is 4.98 Å². The van der Waals surface area contributed by atoms with Crippen molar-refractivity contribution in [2.75, 3.05) is 7.05 Å². The second-order valence-electron chi connectivity index (χ2n) is 4.97. The summed E-state index contributed by atoms with van der Waals surface area (Å²) in [6, 6.07) is 7.42. The van der Waals surface area contributed by atoms with E-state index in [9.17, 15) is 13.2 Å². The summed E-state index contributed by atoms with van der Waals surface area (Å²) in [6.07, 6.45) is -2.62. The van der Waals surface area contributed by atoms with Crippen molar-refractivity contribution in [2.24, 2.45) is 0 Å². The molecule has 0 bridgehead atoms. The molecule has 0 spiro atoms. The number of rotatable bonds is 3. The van der Waals surface area contributed by atoms with E-state index >= 15 is 0 Å². The number of nitrogens with one attached hydrogen (secondary N) is 1. The Morgan fingerprint density at radius 1 is 1.10 bits per heavy atom. The van der Waals surface area contributed by atoms with Gasteiger partial charge in [-0.1, -0.05) is 12.1 Å². The minimum Gasteiger partial charge on any atom is -0.309 e. The predicted octanol–water partition coefficient (Wildman–Crippen LogP) is 4.03. The molecule has 1 aromatic carbocycles. The standard InChI is InChI=1S/C16H17F3N2/c1-10-9-12(16(17,18)19)6-7-13(10)15(20-3)14-5-4-8-21-11(14)2/h4-9,15,20H,1-3H3. The Kier molecular flexibility index (Phi) is 4.32. The van der Waals surface area contributed by atoms with Gasteiger partial charge in [0, 0.05) is 11.9 Å². The molecule has 5 heteroatoms. The van der Waals surface area contributed by atoms with Crippen molar-refractivity contribution in [1.29, 1.82) is 0 Å². The predicted molar refractivity (Wildman–Crippen MR) is 76.1 cm³/mol. The first-order valence-electron chi connectivity index (χ1n) is 6.61. The Hall–Kier alpha value is -1.88. The van der Waals surface area contributed by atoms with Crippen molar-refractivity contribution < 1.29 is 13.2 Å². The molecule has 21 heavy (non-hydrogen) atoms. The van der Waals surface area contributed by atoms with Crippen LogP contribution < -0.4 is 5.32 Å². The summed E-state index contributed by atoms with van der Waals surface area (Å²) < 4.78 is 38.2. The summed E-state index contributed by atoms with van der Waals surface area (Å²) in [6.45, 7) is 3.58. The van der Waals surface area contributed by atoms with Gasteiger partial charge in [-0.05, 0) is 55.8 Å². The van der Waals surface area contributed by atoms with E-state index in [-0.39, 0.29) is 6.04 Å². The van der Waals surface area contributed by atoms with Crippen molar-refractivity contribution in [2.45, 2.75) is 26.1 Å². The van der Waals surface area contributed by atoms with Gasteiger partial charge in [-0.25, -0.2) is 0 Å². The molecule has 0 fully saturated rings. The Labute approximate surface area is 122 Å².